The Bertz CT molecular complexity index is 627. The number of aromatic nitrogens is 2. The van der Waals surface area contributed by atoms with E-state index in [1.807, 2.05) is 18.0 Å². The van der Waals surface area contributed by atoms with Crippen LogP contribution >= 0.6 is 0 Å². The molecule has 0 spiro atoms. The number of amides is 1. The minimum atomic E-state index is -5.08. The molecule has 10 heteroatoms. The van der Waals surface area contributed by atoms with Crippen molar-refractivity contribution in [2.75, 3.05) is 31.1 Å². The highest BCUT2D eigenvalue weighted by molar-refractivity contribution is 5.76. The standard InChI is InChI=1S/C14H20N4O.C2HF3O2/c1-2-14(19)18-8-11-3-6-17(9-12(11)10-18)13-7-15-4-5-16-13;3-2(4,5)1(6)7/h4-5,7,11-12H,2-3,6,8-10H2,1H3;(H,6,7)/t11-,12+;/m0./s1. The van der Waals surface area contributed by atoms with Gasteiger partial charge in [-0.15, -0.1) is 0 Å². The van der Waals surface area contributed by atoms with Gasteiger partial charge in [0.15, 0.2) is 0 Å². The van der Waals surface area contributed by atoms with Crippen molar-refractivity contribution >= 4 is 17.7 Å². The molecule has 2 atom stereocenters. The molecule has 3 heterocycles. The summed E-state index contributed by atoms with van der Waals surface area (Å²) in [5.74, 6) is -0.246. The van der Waals surface area contributed by atoms with Crippen LogP contribution in [0, 0.1) is 11.8 Å². The molecule has 1 aromatic rings. The minimum absolute atomic E-state index is 0.292. The van der Waals surface area contributed by atoms with Crippen LogP contribution < -0.4 is 4.90 Å². The van der Waals surface area contributed by atoms with Gasteiger partial charge in [-0.05, 0) is 18.3 Å². The number of anilines is 1. The molecule has 0 unspecified atom stereocenters. The molecular formula is C16H21F3N4O3. The monoisotopic (exact) mass is 374 g/mol. The second-order valence-electron chi connectivity index (χ2n) is 6.27. The van der Waals surface area contributed by atoms with Crippen molar-refractivity contribution < 1.29 is 27.9 Å². The quantitative estimate of drug-likeness (QED) is 0.850. The van der Waals surface area contributed by atoms with Gasteiger partial charge in [0, 0.05) is 45.0 Å². The van der Waals surface area contributed by atoms with E-state index in [2.05, 4.69) is 14.9 Å². The molecule has 0 radical (unpaired) electrons. The third-order valence-electron chi connectivity index (χ3n) is 4.57. The van der Waals surface area contributed by atoms with E-state index in [0.717, 1.165) is 38.4 Å². The van der Waals surface area contributed by atoms with E-state index in [1.54, 1.807) is 12.4 Å². The number of piperidine rings is 1. The average Bonchev–Trinajstić information content (AvgIpc) is 3.04. The van der Waals surface area contributed by atoms with Gasteiger partial charge in [-0.1, -0.05) is 6.92 Å². The van der Waals surface area contributed by atoms with Gasteiger partial charge < -0.3 is 14.9 Å². The van der Waals surface area contributed by atoms with Gasteiger partial charge in [-0.2, -0.15) is 13.2 Å². The van der Waals surface area contributed by atoms with Crippen LogP contribution in [0.15, 0.2) is 18.6 Å². The molecule has 2 aliphatic rings. The summed E-state index contributed by atoms with van der Waals surface area (Å²) in [6, 6.07) is 0. The number of hydrogen-bond donors (Lipinski definition) is 1. The fourth-order valence-electron chi connectivity index (χ4n) is 3.26. The van der Waals surface area contributed by atoms with Crippen LogP contribution in [-0.4, -0.2) is 64.2 Å². The number of halogens is 3. The second-order valence-corrected chi connectivity index (χ2v) is 6.27. The fourth-order valence-corrected chi connectivity index (χ4v) is 3.26. The lowest BCUT2D eigenvalue weighted by molar-refractivity contribution is -0.192. The summed E-state index contributed by atoms with van der Waals surface area (Å²) in [5, 5.41) is 7.12. The molecule has 2 aliphatic heterocycles. The minimum Gasteiger partial charge on any atom is -0.475 e. The molecule has 0 aromatic carbocycles. The van der Waals surface area contributed by atoms with Crippen molar-refractivity contribution in [2.24, 2.45) is 11.8 Å². The lowest BCUT2D eigenvalue weighted by Crippen LogP contribution is -2.40. The first kappa shape index (κ1) is 19.9. The summed E-state index contributed by atoms with van der Waals surface area (Å²) < 4.78 is 31.7. The van der Waals surface area contributed by atoms with Crippen molar-refractivity contribution in [3.63, 3.8) is 0 Å². The van der Waals surface area contributed by atoms with Gasteiger partial charge in [0.05, 0.1) is 6.20 Å². The molecule has 1 aromatic heterocycles. The number of carboxylic acids is 1. The van der Waals surface area contributed by atoms with Crippen molar-refractivity contribution in [2.45, 2.75) is 25.9 Å². The van der Waals surface area contributed by atoms with Crippen LogP contribution in [0.1, 0.15) is 19.8 Å². The number of carbonyl (C=O) groups excluding carboxylic acids is 1. The topological polar surface area (TPSA) is 86.6 Å². The molecule has 2 saturated heterocycles. The molecule has 26 heavy (non-hydrogen) atoms. The number of nitrogens with zero attached hydrogens (tertiary/aromatic N) is 4. The molecular weight excluding hydrogens is 353 g/mol. The van der Waals surface area contributed by atoms with E-state index in [-0.39, 0.29) is 0 Å². The Kier molecular flexibility index (Phi) is 6.38. The third kappa shape index (κ3) is 5.06. The molecule has 144 valence electrons. The van der Waals surface area contributed by atoms with Crippen molar-refractivity contribution in [1.82, 2.24) is 14.9 Å². The highest BCUT2D eigenvalue weighted by Gasteiger charge is 2.39. The molecule has 2 fully saturated rings. The van der Waals surface area contributed by atoms with Gasteiger partial charge in [-0.3, -0.25) is 9.78 Å². The molecule has 0 saturated carbocycles. The Labute approximate surface area is 148 Å². The van der Waals surface area contributed by atoms with Gasteiger partial charge in [0.1, 0.15) is 5.82 Å². The highest BCUT2D eigenvalue weighted by Crippen LogP contribution is 2.32. The van der Waals surface area contributed by atoms with E-state index in [9.17, 15) is 18.0 Å². The summed E-state index contributed by atoms with van der Waals surface area (Å²) in [4.78, 5) is 33.5. The van der Waals surface area contributed by atoms with Gasteiger partial charge >= 0.3 is 12.1 Å². The normalized spacial score (nSPS) is 22.3. The largest absolute Gasteiger partial charge is 0.490 e. The summed E-state index contributed by atoms with van der Waals surface area (Å²) >= 11 is 0. The molecule has 0 aliphatic carbocycles. The summed E-state index contributed by atoms with van der Waals surface area (Å²) in [5.41, 5.74) is 0. The number of aliphatic carboxylic acids is 1. The zero-order valence-electron chi connectivity index (χ0n) is 14.3. The smallest absolute Gasteiger partial charge is 0.475 e. The number of hydrogen-bond acceptors (Lipinski definition) is 5. The maximum atomic E-state index is 11.8. The van der Waals surface area contributed by atoms with Crippen molar-refractivity contribution in [3.05, 3.63) is 18.6 Å². The predicted molar refractivity (Wildman–Crippen MR) is 86.4 cm³/mol. The van der Waals surface area contributed by atoms with Crippen LogP contribution in [-0.2, 0) is 9.59 Å². The van der Waals surface area contributed by atoms with E-state index >= 15 is 0 Å². The Morgan fingerprint density at radius 2 is 1.88 bits per heavy atom. The van der Waals surface area contributed by atoms with Crippen LogP contribution in [0.25, 0.3) is 0 Å². The molecule has 1 amide bonds. The number of carbonyl (C=O) groups is 2. The van der Waals surface area contributed by atoms with Gasteiger partial charge in [0.25, 0.3) is 0 Å². The zero-order valence-corrected chi connectivity index (χ0v) is 14.3. The number of alkyl halides is 3. The van der Waals surface area contributed by atoms with Gasteiger partial charge in [-0.25, -0.2) is 9.78 Å². The maximum Gasteiger partial charge on any atom is 0.490 e. The average molecular weight is 374 g/mol. The number of fused-ring (bicyclic) bond motifs is 1. The van der Waals surface area contributed by atoms with E-state index in [1.165, 1.54) is 0 Å². The molecule has 0 bridgehead atoms. The molecule has 3 rings (SSSR count). The number of likely N-dealkylation sites (tertiary alicyclic amines) is 1. The lowest BCUT2D eigenvalue weighted by atomic mass is 9.89. The van der Waals surface area contributed by atoms with E-state index in [4.69, 9.17) is 9.90 Å². The molecule has 1 N–H and O–H groups in total. The van der Waals surface area contributed by atoms with Crippen LogP contribution in [0.2, 0.25) is 0 Å². The third-order valence-corrected chi connectivity index (χ3v) is 4.57. The predicted octanol–water partition coefficient (Wildman–Crippen LogP) is 1.80. The SMILES string of the molecule is CCC(=O)N1C[C@@H]2CCN(c3cnccn3)C[C@@H]2C1.O=C(O)C(F)(F)F. The number of carboxylic acid groups (broad SMARTS) is 1. The Morgan fingerprint density at radius 3 is 2.42 bits per heavy atom. The molecule has 7 nitrogen and oxygen atoms in total. The highest BCUT2D eigenvalue weighted by atomic mass is 19.4. The van der Waals surface area contributed by atoms with Gasteiger partial charge in [0.2, 0.25) is 5.91 Å². The maximum absolute atomic E-state index is 11.8. The first-order valence-corrected chi connectivity index (χ1v) is 8.31. The lowest BCUT2D eigenvalue weighted by Gasteiger charge is -2.34. The summed E-state index contributed by atoms with van der Waals surface area (Å²) in [6.45, 7) is 5.82. The zero-order chi connectivity index (χ0) is 19.3. The number of rotatable bonds is 2. The van der Waals surface area contributed by atoms with Crippen molar-refractivity contribution in [3.8, 4) is 0 Å². The van der Waals surface area contributed by atoms with Crippen LogP contribution in [0.5, 0.6) is 0 Å². The van der Waals surface area contributed by atoms with Crippen LogP contribution in [0.3, 0.4) is 0 Å². The van der Waals surface area contributed by atoms with E-state index in [0.29, 0.717) is 24.2 Å². The Hall–Kier alpha value is -2.39. The van der Waals surface area contributed by atoms with Crippen LogP contribution in [0.4, 0.5) is 19.0 Å². The first-order chi connectivity index (χ1) is 12.2. The summed E-state index contributed by atoms with van der Waals surface area (Å²) in [7, 11) is 0. The van der Waals surface area contributed by atoms with E-state index < -0.39 is 12.1 Å². The Morgan fingerprint density at radius 1 is 1.23 bits per heavy atom. The van der Waals surface area contributed by atoms with Crippen molar-refractivity contribution in [1.29, 1.82) is 0 Å². The second kappa shape index (κ2) is 8.33. The first-order valence-electron chi connectivity index (χ1n) is 8.31. The fraction of sp³-hybridized carbons (Fsp3) is 0.625. The summed E-state index contributed by atoms with van der Waals surface area (Å²) in [6.07, 6.45) is 1.95. The Balaban J connectivity index is 0.000000298.